The zero-order chi connectivity index (χ0) is 19.0. The van der Waals surface area contributed by atoms with Crippen LogP contribution in [0.5, 0.6) is 23.0 Å². The van der Waals surface area contributed by atoms with E-state index in [4.69, 9.17) is 31.2 Å². The Balaban J connectivity index is 1.66. The Morgan fingerprint density at radius 2 is 1.78 bits per heavy atom. The van der Waals surface area contributed by atoms with E-state index in [1.165, 1.54) is 16.7 Å². The fraction of sp³-hybridized carbons (Fsp3) is 0.158. The molecule has 1 fully saturated rings. The van der Waals surface area contributed by atoms with Gasteiger partial charge in [-0.1, -0.05) is 24.0 Å². The third-order valence-electron chi connectivity index (χ3n) is 4.08. The Labute approximate surface area is 165 Å². The van der Waals surface area contributed by atoms with Crippen molar-refractivity contribution in [1.29, 1.82) is 0 Å². The Kier molecular flexibility index (Phi) is 4.67. The highest BCUT2D eigenvalue weighted by Crippen LogP contribution is 2.41. The molecule has 0 aliphatic carbocycles. The molecule has 138 valence electrons. The van der Waals surface area contributed by atoms with E-state index in [1.807, 2.05) is 12.1 Å². The first-order chi connectivity index (χ1) is 13.1. The summed E-state index contributed by atoms with van der Waals surface area (Å²) >= 11 is 6.67. The smallest absolute Gasteiger partial charge is 0.270 e. The predicted molar refractivity (Wildman–Crippen MR) is 108 cm³/mol. The normalized spacial score (nSPS) is 17.0. The van der Waals surface area contributed by atoms with Gasteiger partial charge < -0.3 is 18.9 Å². The molecule has 1 saturated heterocycles. The number of amides is 1. The molecule has 0 radical (unpaired) electrons. The van der Waals surface area contributed by atoms with Crippen molar-refractivity contribution in [3.63, 3.8) is 0 Å². The predicted octanol–water partition coefficient (Wildman–Crippen LogP) is 3.84. The second-order valence-electron chi connectivity index (χ2n) is 5.70. The maximum atomic E-state index is 12.9. The molecule has 0 saturated carbocycles. The summed E-state index contributed by atoms with van der Waals surface area (Å²) in [5.41, 5.74) is 1.44. The van der Waals surface area contributed by atoms with Crippen molar-refractivity contribution in [3.05, 3.63) is 46.9 Å². The van der Waals surface area contributed by atoms with E-state index in [0.29, 0.717) is 37.9 Å². The van der Waals surface area contributed by atoms with Gasteiger partial charge in [-0.3, -0.25) is 9.69 Å². The SMILES string of the molecule is COc1cc(/C=C2/SC(=S)N(c3ccc4c(c3)OCO4)C2=O)cc(OC)c1. The summed E-state index contributed by atoms with van der Waals surface area (Å²) in [6.45, 7) is 0.175. The number of benzene rings is 2. The van der Waals surface area contributed by atoms with Gasteiger partial charge >= 0.3 is 0 Å². The molecule has 2 aromatic rings. The molecule has 0 unspecified atom stereocenters. The average Bonchev–Trinajstić information content (AvgIpc) is 3.25. The molecule has 2 aliphatic heterocycles. The number of fused-ring (bicyclic) bond motifs is 1. The summed E-state index contributed by atoms with van der Waals surface area (Å²) in [6, 6.07) is 10.7. The lowest BCUT2D eigenvalue weighted by molar-refractivity contribution is -0.113. The van der Waals surface area contributed by atoms with Crippen LogP contribution in [0.2, 0.25) is 0 Å². The Hall–Kier alpha value is -2.71. The Morgan fingerprint density at radius 1 is 1.07 bits per heavy atom. The molecule has 0 bridgehead atoms. The van der Waals surface area contributed by atoms with Gasteiger partial charge in [0.1, 0.15) is 11.5 Å². The molecule has 2 aliphatic rings. The van der Waals surface area contributed by atoms with Crippen molar-refractivity contribution in [2.45, 2.75) is 0 Å². The summed E-state index contributed by atoms with van der Waals surface area (Å²) in [5, 5.41) is 0. The molecule has 0 N–H and O–H groups in total. The number of nitrogens with zero attached hydrogens (tertiary/aromatic N) is 1. The average molecular weight is 401 g/mol. The van der Waals surface area contributed by atoms with Gasteiger partial charge in [0.05, 0.1) is 24.8 Å². The molecule has 1 amide bonds. The zero-order valence-corrected chi connectivity index (χ0v) is 16.2. The van der Waals surface area contributed by atoms with Crippen LogP contribution in [0.3, 0.4) is 0 Å². The van der Waals surface area contributed by atoms with Crippen LogP contribution in [-0.4, -0.2) is 31.2 Å². The highest BCUT2D eigenvalue weighted by atomic mass is 32.2. The first-order valence-electron chi connectivity index (χ1n) is 8.00. The number of methoxy groups -OCH3 is 2. The lowest BCUT2D eigenvalue weighted by Gasteiger charge is -2.14. The van der Waals surface area contributed by atoms with Gasteiger partial charge in [0.15, 0.2) is 15.8 Å². The zero-order valence-electron chi connectivity index (χ0n) is 14.6. The monoisotopic (exact) mass is 401 g/mol. The highest BCUT2D eigenvalue weighted by Gasteiger charge is 2.34. The van der Waals surface area contributed by atoms with E-state index in [1.54, 1.807) is 44.6 Å². The standard InChI is InChI=1S/C19H15NO5S2/c1-22-13-5-11(6-14(9-13)23-2)7-17-18(21)20(19(26)27-17)12-3-4-15-16(8-12)25-10-24-15/h3-9H,10H2,1-2H3/b17-7+. The molecule has 0 atom stereocenters. The third kappa shape index (κ3) is 3.33. The maximum absolute atomic E-state index is 12.9. The molecule has 0 spiro atoms. The van der Waals surface area contributed by atoms with Crippen LogP contribution in [0.15, 0.2) is 41.3 Å². The van der Waals surface area contributed by atoms with Crippen LogP contribution in [0.1, 0.15) is 5.56 Å². The number of carbonyl (C=O) groups is 1. The lowest BCUT2D eigenvalue weighted by atomic mass is 10.1. The number of anilines is 1. The number of ether oxygens (including phenoxy) is 4. The first kappa shape index (κ1) is 17.7. The van der Waals surface area contributed by atoms with E-state index in [2.05, 4.69) is 0 Å². The molecule has 6 nitrogen and oxygen atoms in total. The third-order valence-corrected chi connectivity index (χ3v) is 5.38. The van der Waals surface area contributed by atoms with Crippen LogP contribution >= 0.6 is 24.0 Å². The van der Waals surface area contributed by atoms with Gasteiger partial charge in [0, 0.05) is 12.1 Å². The summed E-state index contributed by atoms with van der Waals surface area (Å²) in [5.74, 6) is 2.36. The van der Waals surface area contributed by atoms with Crippen molar-refractivity contribution in [3.8, 4) is 23.0 Å². The maximum Gasteiger partial charge on any atom is 0.270 e. The summed E-state index contributed by atoms with van der Waals surface area (Å²) < 4.78 is 21.7. The number of hydrogen-bond donors (Lipinski definition) is 0. The Morgan fingerprint density at radius 3 is 2.48 bits per heavy atom. The van der Waals surface area contributed by atoms with Crippen molar-refractivity contribution in [2.75, 3.05) is 25.9 Å². The van der Waals surface area contributed by atoms with Crippen LogP contribution in [0.25, 0.3) is 6.08 Å². The van der Waals surface area contributed by atoms with Gasteiger partial charge in [-0.15, -0.1) is 0 Å². The van der Waals surface area contributed by atoms with Crippen LogP contribution < -0.4 is 23.8 Å². The van der Waals surface area contributed by atoms with Gasteiger partial charge in [-0.2, -0.15) is 0 Å². The minimum Gasteiger partial charge on any atom is -0.497 e. The number of rotatable bonds is 4. The van der Waals surface area contributed by atoms with Gasteiger partial charge in [0.25, 0.3) is 5.91 Å². The topological polar surface area (TPSA) is 57.2 Å². The quantitative estimate of drug-likeness (QED) is 0.570. The van der Waals surface area contributed by atoms with Crippen LogP contribution in [0, 0.1) is 0 Å². The summed E-state index contributed by atoms with van der Waals surface area (Å²) in [7, 11) is 3.16. The molecule has 0 aromatic heterocycles. The van der Waals surface area contributed by atoms with Gasteiger partial charge in [-0.25, -0.2) is 0 Å². The number of carbonyl (C=O) groups excluding carboxylic acids is 1. The number of thiocarbonyl (C=S) groups is 1. The fourth-order valence-corrected chi connectivity index (χ4v) is 4.08. The van der Waals surface area contributed by atoms with E-state index >= 15 is 0 Å². The molecule has 2 heterocycles. The van der Waals surface area contributed by atoms with E-state index in [-0.39, 0.29) is 12.7 Å². The second kappa shape index (κ2) is 7.13. The molecular weight excluding hydrogens is 386 g/mol. The van der Waals surface area contributed by atoms with Crippen molar-refractivity contribution in [1.82, 2.24) is 0 Å². The largest absolute Gasteiger partial charge is 0.497 e. The van der Waals surface area contributed by atoms with Crippen LogP contribution in [0.4, 0.5) is 5.69 Å². The van der Waals surface area contributed by atoms with Crippen molar-refractivity contribution in [2.24, 2.45) is 0 Å². The molecule has 4 rings (SSSR count). The highest BCUT2D eigenvalue weighted by molar-refractivity contribution is 8.27. The molecule has 2 aromatic carbocycles. The first-order valence-corrected chi connectivity index (χ1v) is 9.22. The lowest BCUT2D eigenvalue weighted by Crippen LogP contribution is -2.27. The second-order valence-corrected chi connectivity index (χ2v) is 7.38. The van der Waals surface area contributed by atoms with E-state index in [9.17, 15) is 4.79 Å². The van der Waals surface area contributed by atoms with Crippen molar-refractivity contribution < 1.29 is 23.7 Å². The number of thioether (sulfide) groups is 1. The van der Waals surface area contributed by atoms with Gasteiger partial charge in [0.2, 0.25) is 6.79 Å². The van der Waals surface area contributed by atoms with E-state index < -0.39 is 0 Å². The van der Waals surface area contributed by atoms with Crippen LogP contribution in [-0.2, 0) is 4.79 Å². The minimum absolute atomic E-state index is 0.175. The van der Waals surface area contributed by atoms with E-state index in [0.717, 1.165) is 5.56 Å². The van der Waals surface area contributed by atoms with Crippen molar-refractivity contribution >= 4 is 46.0 Å². The Bertz CT molecular complexity index is 950. The summed E-state index contributed by atoms with van der Waals surface area (Å²) in [6.07, 6.45) is 1.78. The molecule has 8 heteroatoms. The fourth-order valence-electron chi connectivity index (χ4n) is 2.78. The summed E-state index contributed by atoms with van der Waals surface area (Å²) in [4.78, 5) is 15.0. The number of hydrogen-bond acceptors (Lipinski definition) is 7. The molecule has 27 heavy (non-hydrogen) atoms. The minimum atomic E-state index is -0.189. The molecular formula is C19H15NO5S2. The van der Waals surface area contributed by atoms with Gasteiger partial charge in [-0.05, 0) is 35.9 Å².